The van der Waals surface area contributed by atoms with Crippen molar-refractivity contribution in [2.75, 3.05) is 13.1 Å². The largest absolute Gasteiger partial charge is 0.345 e. The molecule has 10 nitrogen and oxygen atoms in total. The van der Waals surface area contributed by atoms with Crippen LogP contribution in [0.2, 0.25) is 0 Å². The zero-order valence-electron chi connectivity index (χ0n) is 16.0. The first kappa shape index (κ1) is 18.9. The fraction of sp³-hybridized carbons (Fsp3) is 0.588. The van der Waals surface area contributed by atoms with Gasteiger partial charge in [-0.25, -0.2) is 14.3 Å². The lowest BCUT2D eigenvalue weighted by molar-refractivity contribution is 0.0691. The molecule has 2 aromatic rings. The summed E-state index contributed by atoms with van der Waals surface area (Å²) in [6, 6.07) is 1.19. The summed E-state index contributed by atoms with van der Waals surface area (Å²) in [5.41, 5.74) is -1.16. The Balaban J connectivity index is 1.93. The van der Waals surface area contributed by atoms with Crippen LogP contribution in [-0.2, 0) is 27.7 Å². The van der Waals surface area contributed by atoms with Crippen LogP contribution in [0.5, 0.6) is 0 Å². The van der Waals surface area contributed by atoms with Gasteiger partial charge in [-0.05, 0) is 19.8 Å². The van der Waals surface area contributed by atoms with E-state index in [0.29, 0.717) is 25.5 Å². The van der Waals surface area contributed by atoms with E-state index in [0.717, 1.165) is 17.4 Å². The van der Waals surface area contributed by atoms with Gasteiger partial charge in [-0.15, -0.1) is 0 Å². The van der Waals surface area contributed by atoms with E-state index < -0.39 is 11.2 Å². The van der Waals surface area contributed by atoms with E-state index in [1.807, 2.05) is 6.92 Å². The molecule has 1 amide bonds. The molecule has 0 radical (unpaired) electrons. The summed E-state index contributed by atoms with van der Waals surface area (Å²) in [6.07, 6.45) is 1.57. The predicted molar refractivity (Wildman–Crippen MR) is 97.9 cm³/mol. The van der Waals surface area contributed by atoms with Gasteiger partial charge in [0.1, 0.15) is 11.5 Å². The summed E-state index contributed by atoms with van der Waals surface area (Å²) in [5.74, 6) is 0.235. The quantitative estimate of drug-likeness (QED) is 0.685. The molecule has 1 atom stereocenters. The molecule has 0 bridgehead atoms. The van der Waals surface area contributed by atoms with Crippen LogP contribution < -0.4 is 16.9 Å². The van der Waals surface area contributed by atoms with Crippen LogP contribution in [0.3, 0.4) is 0 Å². The number of rotatable bonds is 3. The van der Waals surface area contributed by atoms with Crippen molar-refractivity contribution in [3.05, 3.63) is 48.9 Å². The van der Waals surface area contributed by atoms with Gasteiger partial charge in [0, 0.05) is 52.8 Å². The Morgan fingerprint density at radius 1 is 1.15 bits per heavy atom. The van der Waals surface area contributed by atoms with Crippen molar-refractivity contribution in [2.24, 2.45) is 21.1 Å². The van der Waals surface area contributed by atoms with Crippen LogP contribution in [0, 0.1) is 0 Å². The van der Waals surface area contributed by atoms with Gasteiger partial charge in [0.05, 0.1) is 0 Å². The molecular weight excluding hydrogens is 352 g/mol. The van der Waals surface area contributed by atoms with Crippen molar-refractivity contribution < 1.29 is 4.79 Å². The fourth-order valence-corrected chi connectivity index (χ4v) is 3.59. The molecule has 0 aromatic carbocycles. The zero-order chi connectivity index (χ0) is 19.9. The molecule has 1 fully saturated rings. The monoisotopic (exact) mass is 376 g/mol. The van der Waals surface area contributed by atoms with Crippen LogP contribution in [0.1, 0.15) is 42.0 Å². The second kappa shape index (κ2) is 7.01. The molecule has 3 rings (SSSR count). The topological polar surface area (TPSA) is 104 Å². The van der Waals surface area contributed by atoms with E-state index in [2.05, 4.69) is 5.10 Å². The minimum atomic E-state index is -0.538. The molecule has 1 saturated heterocycles. The van der Waals surface area contributed by atoms with E-state index in [4.69, 9.17) is 0 Å². The van der Waals surface area contributed by atoms with Gasteiger partial charge in [0.2, 0.25) is 0 Å². The average molecular weight is 376 g/mol. The van der Waals surface area contributed by atoms with Crippen LogP contribution in [-0.4, -0.2) is 47.4 Å². The number of aryl methyl sites for hydroxylation is 1. The van der Waals surface area contributed by atoms with Crippen molar-refractivity contribution in [3.8, 4) is 0 Å². The van der Waals surface area contributed by atoms with E-state index >= 15 is 0 Å². The zero-order valence-corrected chi connectivity index (χ0v) is 16.0. The molecule has 1 aliphatic rings. The highest BCUT2D eigenvalue weighted by molar-refractivity contribution is 5.92. The van der Waals surface area contributed by atoms with E-state index in [-0.39, 0.29) is 23.2 Å². The van der Waals surface area contributed by atoms with Gasteiger partial charge in [-0.1, -0.05) is 0 Å². The third kappa shape index (κ3) is 3.15. The highest BCUT2D eigenvalue weighted by Crippen LogP contribution is 2.25. The van der Waals surface area contributed by atoms with Gasteiger partial charge >= 0.3 is 11.4 Å². The molecule has 3 heterocycles. The lowest BCUT2D eigenvalue weighted by Crippen LogP contribution is -2.45. The van der Waals surface area contributed by atoms with Crippen molar-refractivity contribution in [1.29, 1.82) is 0 Å². The number of carbonyl (C=O) groups is 1. The van der Waals surface area contributed by atoms with Crippen molar-refractivity contribution in [3.63, 3.8) is 0 Å². The standard InChI is InChI=1S/C17H24N6O4/c1-5-23-14(18-21(4)17(23)27)11-7-6-8-22(10-11)15(25)12-9-13(24)20(3)16(26)19(12)2/h9,11H,5-8,10H2,1-4H3/t11-/m1/s1. The molecule has 0 spiro atoms. The third-order valence-corrected chi connectivity index (χ3v) is 5.17. The van der Waals surface area contributed by atoms with E-state index in [9.17, 15) is 19.2 Å². The lowest BCUT2D eigenvalue weighted by atomic mass is 9.96. The number of hydrogen-bond acceptors (Lipinski definition) is 5. The smallest absolute Gasteiger partial charge is 0.337 e. The number of carbonyl (C=O) groups excluding carboxylic acids is 1. The lowest BCUT2D eigenvalue weighted by Gasteiger charge is -2.32. The van der Waals surface area contributed by atoms with Crippen molar-refractivity contribution in [2.45, 2.75) is 32.2 Å². The Morgan fingerprint density at radius 2 is 1.85 bits per heavy atom. The van der Waals surface area contributed by atoms with Crippen LogP contribution in [0.15, 0.2) is 20.4 Å². The number of amides is 1. The number of nitrogens with zero attached hydrogens (tertiary/aromatic N) is 6. The molecule has 27 heavy (non-hydrogen) atoms. The van der Waals surface area contributed by atoms with Gasteiger partial charge in [-0.2, -0.15) is 5.10 Å². The minimum Gasteiger partial charge on any atom is -0.337 e. The molecule has 0 N–H and O–H groups in total. The van der Waals surface area contributed by atoms with Crippen molar-refractivity contribution in [1.82, 2.24) is 28.4 Å². The summed E-state index contributed by atoms with van der Waals surface area (Å²) < 4.78 is 5.08. The maximum absolute atomic E-state index is 13.0. The Kier molecular flexibility index (Phi) is 4.90. The first-order valence-electron chi connectivity index (χ1n) is 8.96. The first-order chi connectivity index (χ1) is 12.8. The molecular formula is C17H24N6O4. The Hall–Kier alpha value is -2.91. The number of aromatic nitrogens is 5. The van der Waals surface area contributed by atoms with Gasteiger partial charge in [-0.3, -0.25) is 23.3 Å². The summed E-state index contributed by atoms with van der Waals surface area (Å²) in [7, 11) is 4.46. The van der Waals surface area contributed by atoms with Crippen molar-refractivity contribution >= 4 is 5.91 Å². The summed E-state index contributed by atoms with van der Waals surface area (Å²) in [6.45, 7) is 3.31. The second-order valence-corrected chi connectivity index (χ2v) is 6.87. The van der Waals surface area contributed by atoms with Crippen LogP contribution in [0.4, 0.5) is 0 Å². The average Bonchev–Trinajstić information content (AvgIpc) is 2.96. The highest BCUT2D eigenvalue weighted by atomic mass is 16.2. The molecule has 1 aliphatic heterocycles. The van der Waals surface area contributed by atoms with Gasteiger partial charge < -0.3 is 4.90 Å². The molecule has 0 saturated carbocycles. The maximum atomic E-state index is 13.0. The molecule has 0 aliphatic carbocycles. The molecule has 2 aromatic heterocycles. The number of piperidine rings is 1. The predicted octanol–water partition coefficient (Wildman–Crippen LogP) is -0.981. The minimum absolute atomic E-state index is 0.0673. The second-order valence-electron chi connectivity index (χ2n) is 6.87. The molecule has 0 unspecified atom stereocenters. The maximum Gasteiger partial charge on any atom is 0.345 e. The third-order valence-electron chi connectivity index (χ3n) is 5.17. The summed E-state index contributed by atoms with van der Waals surface area (Å²) in [5, 5.41) is 4.35. The van der Waals surface area contributed by atoms with E-state index in [1.54, 1.807) is 16.5 Å². The van der Waals surface area contributed by atoms with Crippen LogP contribution >= 0.6 is 0 Å². The molecule has 10 heteroatoms. The van der Waals surface area contributed by atoms with Crippen LogP contribution in [0.25, 0.3) is 0 Å². The molecule has 146 valence electrons. The Morgan fingerprint density at radius 3 is 2.52 bits per heavy atom. The highest BCUT2D eigenvalue weighted by Gasteiger charge is 2.30. The Bertz CT molecular complexity index is 1060. The summed E-state index contributed by atoms with van der Waals surface area (Å²) >= 11 is 0. The van der Waals surface area contributed by atoms with E-state index in [1.165, 1.54) is 29.4 Å². The first-order valence-corrected chi connectivity index (χ1v) is 8.96. The Labute approximate surface area is 155 Å². The SMILES string of the molecule is CCn1c([C@@H]2CCCN(C(=O)c3cc(=O)n(C)c(=O)n3C)C2)nn(C)c1=O. The number of likely N-dealkylation sites (tertiary alicyclic amines) is 1. The van der Waals surface area contributed by atoms with Gasteiger partial charge in [0.15, 0.2) is 0 Å². The fourth-order valence-electron chi connectivity index (χ4n) is 3.59. The van der Waals surface area contributed by atoms with Gasteiger partial charge in [0.25, 0.3) is 11.5 Å². The summed E-state index contributed by atoms with van der Waals surface area (Å²) in [4.78, 5) is 50.8. The normalized spacial score (nSPS) is 17.3. The number of hydrogen-bond donors (Lipinski definition) is 0.